The van der Waals surface area contributed by atoms with Crippen LogP contribution in [0.4, 0.5) is 4.79 Å². The topological polar surface area (TPSA) is 80.2 Å². The maximum atomic E-state index is 12.0. The first kappa shape index (κ1) is 15.3. The third-order valence-corrected chi connectivity index (χ3v) is 4.47. The first-order valence-electron chi connectivity index (χ1n) is 6.76. The Morgan fingerprint density at radius 2 is 2.15 bits per heavy atom. The maximum Gasteiger partial charge on any atom is 0.288 e. The van der Waals surface area contributed by atoms with Crippen molar-refractivity contribution in [3.8, 4) is 0 Å². The van der Waals surface area contributed by atoms with E-state index in [2.05, 4.69) is 5.32 Å². The standard InChI is InChI=1S/C12H19N3O4S/c1-9(14-4-6-19-7-5-14)11(17)13-2-3-15-10(16)8-20-12(15)18/h9H,2-8H2,1H3,(H,13,17)/p+1/t9-/m0/s1. The highest BCUT2D eigenvalue weighted by Crippen LogP contribution is 2.17. The highest BCUT2D eigenvalue weighted by Gasteiger charge is 2.30. The number of imide groups is 1. The van der Waals surface area contributed by atoms with Gasteiger partial charge in [0.05, 0.1) is 19.0 Å². The molecule has 0 aliphatic carbocycles. The van der Waals surface area contributed by atoms with Crippen LogP contribution in [0, 0.1) is 0 Å². The van der Waals surface area contributed by atoms with Crippen LogP contribution >= 0.6 is 11.8 Å². The van der Waals surface area contributed by atoms with E-state index < -0.39 is 0 Å². The summed E-state index contributed by atoms with van der Waals surface area (Å²) in [6.07, 6.45) is 0. The fourth-order valence-corrected chi connectivity index (χ4v) is 3.04. The van der Waals surface area contributed by atoms with Crippen molar-refractivity contribution >= 4 is 28.8 Å². The second-order valence-electron chi connectivity index (χ2n) is 4.88. The lowest BCUT2D eigenvalue weighted by molar-refractivity contribution is -0.921. The first-order valence-corrected chi connectivity index (χ1v) is 7.75. The molecule has 2 aliphatic rings. The molecule has 0 bridgehead atoms. The van der Waals surface area contributed by atoms with Gasteiger partial charge < -0.3 is 15.0 Å². The summed E-state index contributed by atoms with van der Waals surface area (Å²) in [7, 11) is 0. The molecule has 0 aromatic rings. The molecule has 1 atom stereocenters. The van der Waals surface area contributed by atoms with E-state index in [1.807, 2.05) is 6.92 Å². The van der Waals surface area contributed by atoms with Crippen LogP contribution in [0.2, 0.25) is 0 Å². The minimum Gasteiger partial charge on any atom is -0.370 e. The van der Waals surface area contributed by atoms with Gasteiger partial charge >= 0.3 is 0 Å². The number of hydrogen-bond acceptors (Lipinski definition) is 5. The van der Waals surface area contributed by atoms with Gasteiger partial charge in [-0.2, -0.15) is 0 Å². The molecule has 112 valence electrons. The number of carbonyl (C=O) groups excluding carboxylic acids is 3. The van der Waals surface area contributed by atoms with E-state index in [-0.39, 0.29) is 35.4 Å². The molecule has 8 heteroatoms. The van der Waals surface area contributed by atoms with Crippen molar-refractivity contribution in [2.45, 2.75) is 13.0 Å². The van der Waals surface area contributed by atoms with Gasteiger partial charge in [-0.05, 0) is 6.92 Å². The minimum atomic E-state index is -0.226. The van der Waals surface area contributed by atoms with Gasteiger partial charge in [-0.3, -0.25) is 19.3 Å². The van der Waals surface area contributed by atoms with Gasteiger partial charge in [0.25, 0.3) is 11.1 Å². The molecule has 2 N–H and O–H groups in total. The zero-order valence-electron chi connectivity index (χ0n) is 11.5. The molecule has 2 rings (SSSR count). The molecule has 7 nitrogen and oxygen atoms in total. The van der Waals surface area contributed by atoms with E-state index in [0.717, 1.165) is 24.9 Å². The lowest BCUT2D eigenvalue weighted by atomic mass is 10.2. The summed E-state index contributed by atoms with van der Waals surface area (Å²) in [5, 5.41) is 2.57. The molecule has 0 unspecified atom stereocenters. The van der Waals surface area contributed by atoms with Gasteiger partial charge in [-0.25, -0.2) is 0 Å². The van der Waals surface area contributed by atoms with Gasteiger partial charge in [-0.15, -0.1) is 0 Å². The molecule has 2 saturated heterocycles. The summed E-state index contributed by atoms with van der Waals surface area (Å²) < 4.78 is 5.27. The van der Waals surface area contributed by atoms with Crippen molar-refractivity contribution in [2.24, 2.45) is 0 Å². The highest BCUT2D eigenvalue weighted by molar-refractivity contribution is 8.14. The smallest absolute Gasteiger partial charge is 0.288 e. The Balaban J connectivity index is 1.71. The molecular formula is C12H20N3O4S+. The number of quaternary nitrogens is 1. The zero-order valence-corrected chi connectivity index (χ0v) is 12.3. The largest absolute Gasteiger partial charge is 0.370 e. The van der Waals surface area contributed by atoms with E-state index in [9.17, 15) is 14.4 Å². The summed E-state index contributed by atoms with van der Waals surface area (Å²) in [4.78, 5) is 37.2. The van der Waals surface area contributed by atoms with Crippen LogP contribution in [0.1, 0.15) is 6.92 Å². The van der Waals surface area contributed by atoms with Crippen molar-refractivity contribution in [1.82, 2.24) is 10.2 Å². The number of amides is 3. The molecule has 3 amide bonds. The van der Waals surface area contributed by atoms with Crippen molar-refractivity contribution < 1.29 is 24.0 Å². The lowest BCUT2D eigenvalue weighted by Gasteiger charge is -2.28. The van der Waals surface area contributed by atoms with E-state index >= 15 is 0 Å². The van der Waals surface area contributed by atoms with Crippen molar-refractivity contribution in [1.29, 1.82) is 0 Å². The summed E-state index contributed by atoms with van der Waals surface area (Å²) in [6.45, 7) is 5.47. The number of thioether (sulfide) groups is 1. The van der Waals surface area contributed by atoms with E-state index in [1.54, 1.807) is 0 Å². The van der Waals surface area contributed by atoms with Crippen LogP contribution in [-0.4, -0.2) is 73.1 Å². The van der Waals surface area contributed by atoms with Crippen LogP contribution in [-0.2, 0) is 14.3 Å². The summed E-state index contributed by atoms with van der Waals surface area (Å²) in [5.74, 6) is -0.0177. The third-order valence-electron chi connectivity index (χ3n) is 3.62. The van der Waals surface area contributed by atoms with Gasteiger partial charge in [-0.1, -0.05) is 11.8 Å². The number of morpholine rings is 1. The van der Waals surface area contributed by atoms with Gasteiger partial charge in [0, 0.05) is 13.1 Å². The van der Waals surface area contributed by atoms with Crippen LogP contribution in [0.25, 0.3) is 0 Å². The molecule has 20 heavy (non-hydrogen) atoms. The molecule has 2 heterocycles. The monoisotopic (exact) mass is 302 g/mol. The molecule has 0 aromatic heterocycles. The second kappa shape index (κ2) is 7.05. The Bertz CT molecular complexity index is 382. The number of rotatable bonds is 5. The van der Waals surface area contributed by atoms with E-state index in [4.69, 9.17) is 4.74 Å². The van der Waals surface area contributed by atoms with Crippen LogP contribution in [0.15, 0.2) is 0 Å². The third kappa shape index (κ3) is 3.71. The Labute approximate surface area is 122 Å². The normalized spacial score (nSPS) is 22.1. The number of ether oxygens (including phenoxy) is 1. The van der Waals surface area contributed by atoms with Crippen molar-refractivity contribution in [3.63, 3.8) is 0 Å². The fraction of sp³-hybridized carbons (Fsp3) is 0.750. The average Bonchev–Trinajstić information content (AvgIpc) is 2.79. The summed E-state index contributed by atoms with van der Waals surface area (Å²) in [6, 6.07) is -0.141. The van der Waals surface area contributed by atoms with Gasteiger partial charge in [0.1, 0.15) is 13.1 Å². The quantitative estimate of drug-likeness (QED) is 0.620. The Kier molecular flexibility index (Phi) is 5.38. The molecular weight excluding hydrogens is 282 g/mol. The van der Waals surface area contributed by atoms with Crippen LogP contribution in [0.3, 0.4) is 0 Å². The number of carbonyl (C=O) groups is 3. The number of hydrogen-bond donors (Lipinski definition) is 2. The predicted octanol–water partition coefficient (Wildman–Crippen LogP) is -1.90. The van der Waals surface area contributed by atoms with Crippen LogP contribution < -0.4 is 10.2 Å². The number of nitrogens with one attached hydrogen (secondary N) is 2. The highest BCUT2D eigenvalue weighted by atomic mass is 32.2. The predicted molar refractivity (Wildman–Crippen MR) is 73.6 cm³/mol. The minimum absolute atomic E-state index is 0.0475. The maximum absolute atomic E-state index is 12.0. The van der Waals surface area contributed by atoms with E-state index in [0.29, 0.717) is 19.8 Å². The van der Waals surface area contributed by atoms with E-state index in [1.165, 1.54) is 9.80 Å². The van der Waals surface area contributed by atoms with Gasteiger partial charge in [0.15, 0.2) is 6.04 Å². The first-order chi connectivity index (χ1) is 9.59. The summed E-state index contributed by atoms with van der Waals surface area (Å²) in [5.41, 5.74) is 0. The second-order valence-corrected chi connectivity index (χ2v) is 5.81. The van der Waals surface area contributed by atoms with Crippen LogP contribution in [0.5, 0.6) is 0 Å². The van der Waals surface area contributed by atoms with Crippen molar-refractivity contribution in [3.05, 3.63) is 0 Å². The molecule has 0 aromatic carbocycles. The molecule has 0 radical (unpaired) electrons. The number of nitrogens with zero attached hydrogens (tertiary/aromatic N) is 1. The molecule has 2 aliphatic heterocycles. The van der Waals surface area contributed by atoms with Gasteiger partial charge in [0.2, 0.25) is 5.91 Å². The molecule has 2 fully saturated rings. The zero-order chi connectivity index (χ0) is 14.5. The average molecular weight is 302 g/mol. The van der Waals surface area contributed by atoms with Crippen molar-refractivity contribution in [2.75, 3.05) is 45.1 Å². The lowest BCUT2D eigenvalue weighted by Crippen LogP contribution is -3.18. The Morgan fingerprint density at radius 1 is 1.45 bits per heavy atom. The summed E-state index contributed by atoms with van der Waals surface area (Å²) >= 11 is 1.01. The SMILES string of the molecule is C[C@@H](C(=O)NCCN1C(=O)CSC1=O)[NH+]1CCOCC1. The molecule has 0 spiro atoms. The Hall–Kier alpha value is -1.12. The Morgan fingerprint density at radius 3 is 2.75 bits per heavy atom. The fourth-order valence-electron chi connectivity index (χ4n) is 2.29. The molecule has 0 saturated carbocycles.